The average Bonchev–Trinajstić information content (AvgIpc) is 2.67. The molecule has 1 heterocycles. The van der Waals surface area contributed by atoms with E-state index >= 15 is 0 Å². The molecule has 0 saturated carbocycles. The molecule has 4 heteroatoms. The molecule has 1 N–H and O–H groups in total. The van der Waals surface area contributed by atoms with E-state index in [9.17, 15) is 9.90 Å². The standard InChI is InChI=1S/C18H16N.C11H20O2.Ir/c1-12-5-7-16(14(3)10-12)18-17-11-13(2)4-6-15(17)8-9-19-18;1-10(2,3)8(12)7-9(13)11(4,5)6;/h4-6,8-11H,1-3H3;7,12H,1-6H3;/q-1;;/b;8-7-;. The minimum absolute atomic E-state index is 0. The van der Waals surface area contributed by atoms with Gasteiger partial charge < -0.3 is 10.1 Å². The summed E-state index contributed by atoms with van der Waals surface area (Å²) in [6.07, 6.45) is 3.21. The summed E-state index contributed by atoms with van der Waals surface area (Å²) in [5.74, 6) is 0.104. The molecule has 1 aromatic heterocycles. The molecule has 1 radical (unpaired) electrons. The van der Waals surface area contributed by atoms with Gasteiger partial charge in [0.25, 0.3) is 0 Å². The molecule has 179 valence electrons. The Balaban J connectivity index is 0.000000346. The van der Waals surface area contributed by atoms with E-state index in [0.717, 1.165) is 11.3 Å². The first kappa shape index (κ1) is 28.7. The van der Waals surface area contributed by atoms with Crippen molar-refractivity contribution in [1.82, 2.24) is 4.98 Å². The second kappa shape index (κ2) is 11.2. The van der Waals surface area contributed by atoms with Gasteiger partial charge in [-0.25, -0.2) is 0 Å². The Labute approximate surface area is 212 Å². The second-order valence-corrected chi connectivity index (χ2v) is 10.5. The van der Waals surface area contributed by atoms with Crippen molar-refractivity contribution in [2.45, 2.75) is 62.3 Å². The summed E-state index contributed by atoms with van der Waals surface area (Å²) in [7, 11) is 0. The fourth-order valence-electron chi connectivity index (χ4n) is 3.05. The number of rotatable bonds is 2. The Morgan fingerprint density at radius 3 is 2.12 bits per heavy atom. The molecule has 0 aliphatic heterocycles. The zero-order valence-electron chi connectivity index (χ0n) is 21.3. The maximum Gasteiger partial charge on any atom is 0.164 e. The van der Waals surface area contributed by atoms with Crippen molar-refractivity contribution in [2.24, 2.45) is 10.8 Å². The normalized spacial score (nSPS) is 12.0. The molecule has 2 aromatic carbocycles. The molecule has 3 nitrogen and oxygen atoms in total. The predicted octanol–water partition coefficient (Wildman–Crippen LogP) is 7.71. The summed E-state index contributed by atoms with van der Waals surface area (Å²) in [4.78, 5) is 16.1. The van der Waals surface area contributed by atoms with E-state index < -0.39 is 5.41 Å². The molecule has 3 rings (SSSR count). The van der Waals surface area contributed by atoms with Crippen LogP contribution < -0.4 is 0 Å². The Morgan fingerprint density at radius 1 is 0.939 bits per heavy atom. The van der Waals surface area contributed by atoms with E-state index in [0.29, 0.717) is 0 Å². The number of hydrogen-bond donors (Lipinski definition) is 1. The van der Waals surface area contributed by atoms with Gasteiger partial charge in [-0.05, 0) is 29.5 Å². The maximum absolute atomic E-state index is 11.5. The van der Waals surface area contributed by atoms with Crippen LogP contribution in [0.1, 0.15) is 58.2 Å². The van der Waals surface area contributed by atoms with Crippen LogP contribution in [0.4, 0.5) is 0 Å². The number of aliphatic hydroxyl groups is 1. The van der Waals surface area contributed by atoms with Gasteiger partial charge in [0.1, 0.15) is 5.76 Å². The first-order valence-corrected chi connectivity index (χ1v) is 11.0. The number of allylic oxidation sites excluding steroid dienone is 2. The largest absolute Gasteiger partial charge is 0.512 e. The molecule has 0 amide bonds. The van der Waals surface area contributed by atoms with Crippen molar-refractivity contribution in [2.75, 3.05) is 0 Å². The predicted molar refractivity (Wildman–Crippen MR) is 135 cm³/mol. The van der Waals surface area contributed by atoms with E-state index in [4.69, 9.17) is 0 Å². The number of benzene rings is 2. The summed E-state index contributed by atoms with van der Waals surface area (Å²) in [5.41, 5.74) is 5.08. The van der Waals surface area contributed by atoms with Crippen LogP contribution >= 0.6 is 0 Å². The number of hydrogen-bond acceptors (Lipinski definition) is 3. The smallest absolute Gasteiger partial charge is 0.164 e. The van der Waals surface area contributed by atoms with Crippen molar-refractivity contribution in [3.8, 4) is 11.3 Å². The summed E-state index contributed by atoms with van der Waals surface area (Å²) in [6.45, 7) is 17.4. The third kappa shape index (κ3) is 7.91. The molecule has 0 unspecified atom stereocenters. The monoisotopic (exact) mass is 623 g/mol. The second-order valence-electron chi connectivity index (χ2n) is 10.5. The number of carbonyl (C=O) groups excluding carboxylic acids is 1. The van der Waals surface area contributed by atoms with Crippen LogP contribution in [0.15, 0.2) is 54.4 Å². The molecule has 0 bridgehead atoms. The van der Waals surface area contributed by atoms with Crippen molar-refractivity contribution in [1.29, 1.82) is 0 Å². The minimum atomic E-state index is -0.417. The minimum Gasteiger partial charge on any atom is -0.512 e. The number of nitrogens with zero attached hydrogens (tertiary/aromatic N) is 1. The molecule has 0 aliphatic rings. The van der Waals surface area contributed by atoms with Gasteiger partial charge in [-0.1, -0.05) is 79.2 Å². The van der Waals surface area contributed by atoms with Crippen LogP contribution in [-0.2, 0) is 24.9 Å². The fourth-order valence-corrected chi connectivity index (χ4v) is 3.05. The molecule has 33 heavy (non-hydrogen) atoms. The fraction of sp³-hybridized carbons (Fsp3) is 0.379. The number of fused-ring (bicyclic) bond motifs is 1. The van der Waals surface area contributed by atoms with Crippen molar-refractivity contribution in [3.63, 3.8) is 0 Å². The van der Waals surface area contributed by atoms with E-state index in [1.165, 1.54) is 33.5 Å². The third-order valence-electron chi connectivity index (χ3n) is 5.22. The van der Waals surface area contributed by atoms with Crippen LogP contribution in [0, 0.1) is 37.7 Å². The van der Waals surface area contributed by atoms with Gasteiger partial charge in [-0.15, -0.1) is 34.9 Å². The topological polar surface area (TPSA) is 50.2 Å². The summed E-state index contributed by atoms with van der Waals surface area (Å²) in [5, 5.41) is 12.0. The van der Waals surface area contributed by atoms with E-state index in [2.05, 4.69) is 62.2 Å². The Bertz CT molecular complexity index is 1150. The zero-order chi connectivity index (χ0) is 24.3. The van der Waals surface area contributed by atoms with Gasteiger partial charge >= 0.3 is 0 Å². The molecule has 0 fully saturated rings. The number of aromatic nitrogens is 1. The van der Waals surface area contributed by atoms with Gasteiger partial charge in [0.2, 0.25) is 0 Å². The van der Waals surface area contributed by atoms with Crippen LogP contribution in [0.25, 0.3) is 22.0 Å². The molecule has 0 spiro atoms. The average molecular weight is 623 g/mol. The number of carbonyl (C=O) groups is 1. The van der Waals surface area contributed by atoms with Crippen LogP contribution in [0.2, 0.25) is 0 Å². The Hall–Kier alpha value is -2.29. The molecule has 0 saturated heterocycles. The molecule has 0 aliphatic carbocycles. The number of ketones is 1. The quantitative estimate of drug-likeness (QED) is 0.181. The SMILES string of the molecule is CC(C)(C)C(=O)/C=C(\O)C(C)(C)C.Cc1c[c-]c(-c2nccc3ccc(C)cc23)c(C)c1.[Ir]. The van der Waals surface area contributed by atoms with Crippen LogP contribution in [0.5, 0.6) is 0 Å². The Morgan fingerprint density at radius 2 is 1.58 bits per heavy atom. The van der Waals surface area contributed by atoms with Gasteiger partial charge in [0.05, 0.1) is 0 Å². The van der Waals surface area contributed by atoms with Gasteiger partial charge in [-0.3, -0.25) is 4.79 Å². The van der Waals surface area contributed by atoms with Crippen LogP contribution in [-0.4, -0.2) is 15.9 Å². The molecular formula is C29H36IrNO2-. The van der Waals surface area contributed by atoms with Crippen LogP contribution in [0.3, 0.4) is 0 Å². The molecule has 3 aromatic rings. The van der Waals surface area contributed by atoms with Gasteiger partial charge in [-0.2, -0.15) is 0 Å². The van der Waals surface area contributed by atoms with Crippen molar-refractivity contribution in [3.05, 3.63) is 77.2 Å². The first-order valence-electron chi connectivity index (χ1n) is 11.0. The van der Waals surface area contributed by atoms with Gasteiger partial charge in [0, 0.05) is 43.2 Å². The summed E-state index contributed by atoms with van der Waals surface area (Å²) in [6, 6.07) is 16.1. The first-order chi connectivity index (χ1) is 14.7. The zero-order valence-corrected chi connectivity index (χ0v) is 23.6. The Kier molecular flexibility index (Phi) is 9.78. The van der Waals surface area contributed by atoms with E-state index in [-0.39, 0.29) is 37.1 Å². The number of aliphatic hydroxyl groups excluding tert-OH is 1. The van der Waals surface area contributed by atoms with Crippen molar-refractivity contribution < 1.29 is 30.0 Å². The summed E-state index contributed by atoms with van der Waals surface area (Å²) >= 11 is 0. The molecular weight excluding hydrogens is 587 g/mol. The van der Waals surface area contributed by atoms with Crippen molar-refractivity contribution >= 4 is 16.6 Å². The van der Waals surface area contributed by atoms with E-state index in [1.54, 1.807) is 0 Å². The maximum atomic E-state index is 11.5. The summed E-state index contributed by atoms with van der Waals surface area (Å²) < 4.78 is 0. The number of aryl methyl sites for hydroxylation is 3. The molecule has 0 atom stereocenters. The number of pyridine rings is 1. The third-order valence-corrected chi connectivity index (χ3v) is 5.22. The van der Waals surface area contributed by atoms with Gasteiger partial charge in [0.15, 0.2) is 5.78 Å². The van der Waals surface area contributed by atoms with E-state index in [1.807, 2.05) is 53.8 Å².